The number of nitro groups is 1. The molecule has 0 fully saturated rings. The summed E-state index contributed by atoms with van der Waals surface area (Å²) in [4.78, 5) is 34.7. The number of rotatable bonds is 8. The van der Waals surface area contributed by atoms with Gasteiger partial charge in [-0.05, 0) is 25.1 Å². The molecule has 152 valence electrons. The average Bonchev–Trinajstić information content (AvgIpc) is 2.68. The number of hydrogen-bond donors (Lipinski definition) is 1. The number of azo groups is 1. The smallest absolute Gasteiger partial charge is 0.271 e. The quantitative estimate of drug-likeness (QED) is 0.297. The number of nitrogens with one attached hydrogen (secondary N) is 1. The van der Waals surface area contributed by atoms with Crippen molar-refractivity contribution in [1.29, 1.82) is 0 Å². The molecule has 1 unspecified atom stereocenters. The fraction of sp³-hybridized carbons (Fsp3) is 0.222. The molecule has 10 nitrogen and oxygen atoms in total. The number of non-ortho nitro benzene ring substituents is 1. The fourth-order valence-electron chi connectivity index (χ4n) is 2.31. The van der Waals surface area contributed by atoms with Crippen molar-refractivity contribution >= 4 is 40.4 Å². The molecule has 2 aromatic rings. The first kappa shape index (κ1) is 21.8. The summed E-state index contributed by atoms with van der Waals surface area (Å²) in [5, 5.41) is 21.0. The molecule has 0 radical (unpaired) electrons. The highest BCUT2D eigenvalue weighted by molar-refractivity contribution is 6.34. The number of ether oxygens (including phenoxy) is 2. The van der Waals surface area contributed by atoms with Crippen molar-refractivity contribution in [2.24, 2.45) is 10.2 Å². The maximum Gasteiger partial charge on any atom is 0.271 e. The van der Waals surface area contributed by atoms with Crippen LogP contribution in [0.2, 0.25) is 5.02 Å². The lowest BCUT2D eigenvalue weighted by molar-refractivity contribution is -0.384. The second-order valence-electron chi connectivity index (χ2n) is 5.66. The number of carbonyl (C=O) groups excluding carboxylic acids is 2. The number of methoxy groups -OCH3 is 2. The molecule has 0 aliphatic heterocycles. The predicted octanol–water partition coefficient (Wildman–Crippen LogP) is 3.95. The zero-order valence-corrected chi connectivity index (χ0v) is 16.5. The zero-order chi connectivity index (χ0) is 21.6. The molecule has 0 spiro atoms. The van der Waals surface area contributed by atoms with E-state index in [0.717, 1.165) is 0 Å². The van der Waals surface area contributed by atoms with E-state index in [-0.39, 0.29) is 27.8 Å². The summed E-state index contributed by atoms with van der Waals surface area (Å²) in [5.41, 5.74) is 0.145. The van der Waals surface area contributed by atoms with Crippen LogP contribution < -0.4 is 14.8 Å². The Morgan fingerprint density at radius 1 is 1.21 bits per heavy atom. The number of Topliss-reactive ketones (excluding diaryl/α,β-unsaturated/α-hetero) is 1. The van der Waals surface area contributed by atoms with Gasteiger partial charge in [-0.15, -0.1) is 0 Å². The average molecular weight is 421 g/mol. The first-order chi connectivity index (χ1) is 13.8. The third kappa shape index (κ3) is 5.26. The second-order valence-corrected chi connectivity index (χ2v) is 6.04. The molecule has 2 aromatic carbocycles. The molecular weight excluding hydrogens is 404 g/mol. The lowest BCUT2D eigenvalue weighted by atomic mass is 10.2. The Kier molecular flexibility index (Phi) is 7.21. The van der Waals surface area contributed by atoms with Gasteiger partial charge < -0.3 is 14.8 Å². The maximum atomic E-state index is 12.6. The Morgan fingerprint density at radius 3 is 2.52 bits per heavy atom. The number of carbonyl (C=O) groups is 2. The summed E-state index contributed by atoms with van der Waals surface area (Å²) >= 11 is 6.16. The summed E-state index contributed by atoms with van der Waals surface area (Å²) in [7, 11) is 2.79. The van der Waals surface area contributed by atoms with E-state index in [9.17, 15) is 19.7 Å². The number of nitro benzene ring substituents is 1. The van der Waals surface area contributed by atoms with Crippen LogP contribution in [0.1, 0.15) is 6.92 Å². The maximum absolute atomic E-state index is 12.6. The summed E-state index contributed by atoms with van der Waals surface area (Å²) < 4.78 is 10.3. The van der Waals surface area contributed by atoms with Gasteiger partial charge in [-0.1, -0.05) is 17.7 Å². The van der Waals surface area contributed by atoms with Gasteiger partial charge in [0.1, 0.15) is 10.8 Å². The number of amides is 1. The normalized spacial score (nSPS) is 11.7. The van der Waals surface area contributed by atoms with Crippen LogP contribution in [0, 0.1) is 10.1 Å². The number of ketones is 1. The van der Waals surface area contributed by atoms with E-state index in [2.05, 4.69) is 15.5 Å². The largest absolute Gasteiger partial charge is 0.495 e. The third-order valence-electron chi connectivity index (χ3n) is 3.71. The highest BCUT2D eigenvalue weighted by Crippen LogP contribution is 2.39. The number of halogens is 1. The number of hydrogen-bond acceptors (Lipinski definition) is 8. The topological polar surface area (TPSA) is 132 Å². The van der Waals surface area contributed by atoms with Gasteiger partial charge in [0.25, 0.3) is 11.6 Å². The Hall–Kier alpha value is -3.53. The van der Waals surface area contributed by atoms with Crippen LogP contribution in [-0.4, -0.2) is 36.9 Å². The zero-order valence-electron chi connectivity index (χ0n) is 15.7. The van der Waals surface area contributed by atoms with Gasteiger partial charge in [0.05, 0.1) is 30.5 Å². The van der Waals surface area contributed by atoms with Crippen LogP contribution in [0.4, 0.5) is 17.1 Å². The number of anilines is 1. The van der Waals surface area contributed by atoms with Crippen molar-refractivity contribution in [2.45, 2.75) is 13.0 Å². The first-order valence-corrected chi connectivity index (χ1v) is 8.53. The van der Waals surface area contributed by atoms with Crippen LogP contribution >= 0.6 is 11.6 Å². The number of nitrogens with zero attached hydrogens (tertiary/aromatic N) is 3. The van der Waals surface area contributed by atoms with Crippen molar-refractivity contribution in [3.05, 3.63) is 51.5 Å². The van der Waals surface area contributed by atoms with Gasteiger partial charge >= 0.3 is 0 Å². The molecule has 0 aliphatic carbocycles. The molecule has 0 aliphatic rings. The molecule has 0 bridgehead atoms. The van der Waals surface area contributed by atoms with Crippen LogP contribution in [0.15, 0.2) is 46.6 Å². The van der Waals surface area contributed by atoms with Crippen molar-refractivity contribution in [3.63, 3.8) is 0 Å². The minimum absolute atomic E-state index is 0.128. The Morgan fingerprint density at radius 2 is 1.93 bits per heavy atom. The van der Waals surface area contributed by atoms with E-state index in [1.807, 2.05) is 0 Å². The first-order valence-electron chi connectivity index (χ1n) is 8.15. The lowest BCUT2D eigenvalue weighted by Gasteiger charge is -2.15. The Balaban J connectivity index is 2.27. The Labute approximate surface area is 170 Å². The van der Waals surface area contributed by atoms with E-state index in [0.29, 0.717) is 5.75 Å². The summed E-state index contributed by atoms with van der Waals surface area (Å²) in [6.45, 7) is 1.18. The molecular formula is C18H17ClN4O6. The molecule has 1 amide bonds. The SMILES string of the molecule is COc1ccc(NC(=O)C(N=Nc2cccc([N+](=O)[O-])c2)C(C)=O)c(OC)c1Cl. The van der Waals surface area contributed by atoms with Crippen LogP contribution in [-0.2, 0) is 9.59 Å². The molecule has 2 rings (SSSR count). The minimum atomic E-state index is -1.47. The Bertz CT molecular complexity index is 979. The molecule has 1 atom stereocenters. The highest BCUT2D eigenvalue weighted by Gasteiger charge is 2.25. The molecule has 29 heavy (non-hydrogen) atoms. The molecule has 0 heterocycles. The van der Waals surface area contributed by atoms with Crippen molar-refractivity contribution in [2.75, 3.05) is 19.5 Å². The van der Waals surface area contributed by atoms with Crippen LogP contribution in [0.25, 0.3) is 0 Å². The minimum Gasteiger partial charge on any atom is -0.495 e. The van der Waals surface area contributed by atoms with E-state index < -0.39 is 22.7 Å². The van der Waals surface area contributed by atoms with E-state index in [1.54, 1.807) is 0 Å². The molecule has 11 heteroatoms. The van der Waals surface area contributed by atoms with Gasteiger partial charge in [-0.3, -0.25) is 19.7 Å². The molecule has 0 saturated heterocycles. The standard InChI is InChI=1S/C18H17ClN4O6/c1-10(24)16(22-21-11-5-4-6-12(9-11)23(26)27)18(25)20-13-7-8-14(28-2)15(19)17(13)29-3/h4-9,16H,1-3H3,(H,20,25). The van der Waals surface area contributed by atoms with Crippen molar-refractivity contribution < 1.29 is 24.0 Å². The lowest BCUT2D eigenvalue weighted by Crippen LogP contribution is -2.32. The van der Waals surface area contributed by atoms with Gasteiger partial charge in [0.15, 0.2) is 11.5 Å². The second kappa shape index (κ2) is 9.60. The van der Waals surface area contributed by atoms with E-state index in [4.69, 9.17) is 21.1 Å². The summed E-state index contributed by atoms with van der Waals surface area (Å²) in [5.74, 6) is -0.853. The number of benzene rings is 2. The van der Waals surface area contributed by atoms with Crippen molar-refractivity contribution in [3.8, 4) is 11.5 Å². The van der Waals surface area contributed by atoms with Gasteiger partial charge in [0.2, 0.25) is 6.04 Å². The summed E-state index contributed by atoms with van der Waals surface area (Å²) in [6.07, 6.45) is 0. The van der Waals surface area contributed by atoms with Gasteiger partial charge in [-0.25, -0.2) is 0 Å². The molecule has 0 saturated carbocycles. The molecule has 1 N–H and O–H groups in total. The van der Waals surface area contributed by atoms with Crippen LogP contribution in [0.5, 0.6) is 11.5 Å². The van der Waals surface area contributed by atoms with Gasteiger partial charge in [0, 0.05) is 12.1 Å². The summed E-state index contributed by atoms with van der Waals surface area (Å²) in [6, 6.07) is 6.88. The fourth-order valence-corrected chi connectivity index (χ4v) is 2.63. The van der Waals surface area contributed by atoms with E-state index >= 15 is 0 Å². The molecule has 0 aromatic heterocycles. The van der Waals surface area contributed by atoms with Crippen molar-refractivity contribution in [1.82, 2.24) is 0 Å². The van der Waals surface area contributed by atoms with Crippen LogP contribution in [0.3, 0.4) is 0 Å². The third-order valence-corrected chi connectivity index (χ3v) is 4.06. The van der Waals surface area contributed by atoms with E-state index in [1.165, 1.54) is 57.5 Å². The monoisotopic (exact) mass is 420 g/mol. The predicted molar refractivity (Wildman–Crippen MR) is 105 cm³/mol. The highest BCUT2D eigenvalue weighted by atomic mass is 35.5. The van der Waals surface area contributed by atoms with Gasteiger partial charge in [-0.2, -0.15) is 10.2 Å².